The highest BCUT2D eigenvalue weighted by atomic mass is 15.4. The van der Waals surface area contributed by atoms with E-state index in [9.17, 15) is 0 Å². The molecule has 0 radical (unpaired) electrons. The number of hydrogen-bond acceptors (Lipinski definition) is 3. The van der Waals surface area contributed by atoms with Crippen LogP contribution in [-0.2, 0) is 5.41 Å². The number of rotatable bonds is 2. The standard InChI is InChI=1S/C12H22N4/c1-5-15-7-6-10(8-15)16-9-11(13-14-16)12(2,3)4/h9-10H,5-8H2,1-4H3/t10-/m1/s1. The second-order valence-electron chi connectivity index (χ2n) is 5.67. The van der Waals surface area contributed by atoms with E-state index in [2.05, 4.69) is 53.8 Å². The van der Waals surface area contributed by atoms with E-state index in [0.29, 0.717) is 6.04 Å². The van der Waals surface area contributed by atoms with Crippen molar-refractivity contribution in [3.05, 3.63) is 11.9 Å². The topological polar surface area (TPSA) is 34.0 Å². The molecule has 1 saturated heterocycles. The molecule has 0 amide bonds. The molecular formula is C12H22N4. The molecule has 1 aromatic heterocycles. The maximum Gasteiger partial charge on any atom is 0.0880 e. The quantitative estimate of drug-likeness (QED) is 0.765. The van der Waals surface area contributed by atoms with Crippen molar-refractivity contribution in [1.29, 1.82) is 0 Å². The summed E-state index contributed by atoms with van der Waals surface area (Å²) < 4.78 is 2.05. The van der Waals surface area contributed by atoms with Gasteiger partial charge >= 0.3 is 0 Å². The average Bonchev–Trinajstić information content (AvgIpc) is 2.85. The summed E-state index contributed by atoms with van der Waals surface area (Å²) in [5, 5.41) is 8.55. The molecule has 0 saturated carbocycles. The Morgan fingerprint density at radius 3 is 2.69 bits per heavy atom. The lowest BCUT2D eigenvalue weighted by molar-refractivity contribution is 0.334. The number of aromatic nitrogens is 3. The van der Waals surface area contributed by atoms with E-state index < -0.39 is 0 Å². The van der Waals surface area contributed by atoms with Gasteiger partial charge in [0.1, 0.15) is 0 Å². The van der Waals surface area contributed by atoms with Crippen molar-refractivity contribution in [2.45, 2.75) is 45.6 Å². The highest BCUT2D eigenvalue weighted by Gasteiger charge is 2.25. The Bertz CT molecular complexity index is 350. The summed E-state index contributed by atoms with van der Waals surface area (Å²) in [5.74, 6) is 0. The molecule has 90 valence electrons. The third kappa shape index (κ3) is 2.26. The second-order valence-corrected chi connectivity index (χ2v) is 5.67. The van der Waals surface area contributed by atoms with Gasteiger partial charge in [-0.15, -0.1) is 5.10 Å². The van der Waals surface area contributed by atoms with Crippen molar-refractivity contribution in [3.63, 3.8) is 0 Å². The van der Waals surface area contributed by atoms with Crippen LogP contribution in [0.4, 0.5) is 0 Å². The Morgan fingerprint density at radius 1 is 1.44 bits per heavy atom. The molecule has 0 aliphatic carbocycles. The fourth-order valence-electron chi connectivity index (χ4n) is 2.11. The summed E-state index contributed by atoms with van der Waals surface area (Å²) in [7, 11) is 0. The van der Waals surface area contributed by atoms with Crippen LogP contribution >= 0.6 is 0 Å². The van der Waals surface area contributed by atoms with Gasteiger partial charge in [-0.2, -0.15) is 0 Å². The monoisotopic (exact) mass is 222 g/mol. The zero-order chi connectivity index (χ0) is 11.8. The largest absolute Gasteiger partial charge is 0.301 e. The molecule has 0 unspecified atom stereocenters. The van der Waals surface area contributed by atoms with Crippen molar-refractivity contribution >= 4 is 0 Å². The van der Waals surface area contributed by atoms with E-state index in [-0.39, 0.29) is 5.41 Å². The lowest BCUT2D eigenvalue weighted by atomic mass is 9.93. The summed E-state index contributed by atoms with van der Waals surface area (Å²) in [4.78, 5) is 2.46. The van der Waals surface area contributed by atoms with Crippen LogP contribution in [0.5, 0.6) is 0 Å². The summed E-state index contributed by atoms with van der Waals surface area (Å²) in [6, 6.07) is 0.517. The smallest absolute Gasteiger partial charge is 0.0880 e. The van der Waals surface area contributed by atoms with Crippen LogP contribution in [0.15, 0.2) is 6.20 Å². The van der Waals surface area contributed by atoms with Gasteiger partial charge in [0.25, 0.3) is 0 Å². The summed E-state index contributed by atoms with van der Waals surface area (Å²) in [6.07, 6.45) is 3.31. The van der Waals surface area contributed by atoms with E-state index >= 15 is 0 Å². The van der Waals surface area contributed by atoms with Crippen molar-refractivity contribution in [3.8, 4) is 0 Å². The average molecular weight is 222 g/mol. The lowest BCUT2D eigenvalue weighted by Crippen LogP contribution is -2.21. The van der Waals surface area contributed by atoms with Gasteiger partial charge in [0.2, 0.25) is 0 Å². The van der Waals surface area contributed by atoms with Gasteiger partial charge in [-0.3, -0.25) is 0 Å². The maximum absolute atomic E-state index is 4.28. The third-order valence-electron chi connectivity index (χ3n) is 3.35. The van der Waals surface area contributed by atoms with Gasteiger partial charge in [-0.1, -0.05) is 32.9 Å². The SMILES string of the molecule is CCN1CC[C@@H](n2cc(C(C)(C)C)nn2)C1. The zero-order valence-electron chi connectivity index (χ0n) is 10.8. The first-order chi connectivity index (χ1) is 7.50. The van der Waals surface area contributed by atoms with Gasteiger partial charge < -0.3 is 4.90 Å². The molecule has 0 bridgehead atoms. The van der Waals surface area contributed by atoms with Crippen molar-refractivity contribution < 1.29 is 0 Å². The zero-order valence-corrected chi connectivity index (χ0v) is 10.8. The molecule has 2 rings (SSSR count). The lowest BCUT2D eigenvalue weighted by Gasteiger charge is -2.14. The van der Waals surface area contributed by atoms with E-state index in [4.69, 9.17) is 0 Å². The summed E-state index contributed by atoms with van der Waals surface area (Å²) >= 11 is 0. The van der Waals surface area contributed by atoms with Crippen LogP contribution < -0.4 is 0 Å². The molecule has 0 spiro atoms. The molecule has 0 aromatic carbocycles. The highest BCUT2D eigenvalue weighted by Crippen LogP contribution is 2.24. The molecule has 1 aliphatic heterocycles. The van der Waals surface area contributed by atoms with Crippen molar-refractivity contribution in [1.82, 2.24) is 19.9 Å². The Morgan fingerprint density at radius 2 is 2.19 bits per heavy atom. The first-order valence-electron chi connectivity index (χ1n) is 6.15. The van der Waals surface area contributed by atoms with E-state index in [1.807, 2.05) is 0 Å². The number of hydrogen-bond donors (Lipinski definition) is 0. The second kappa shape index (κ2) is 4.17. The molecule has 4 nitrogen and oxygen atoms in total. The van der Waals surface area contributed by atoms with Crippen molar-refractivity contribution in [2.24, 2.45) is 0 Å². The molecule has 0 N–H and O–H groups in total. The predicted octanol–water partition coefficient (Wildman–Crippen LogP) is 1.84. The Hall–Kier alpha value is -0.900. The highest BCUT2D eigenvalue weighted by molar-refractivity contribution is 5.07. The van der Waals surface area contributed by atoms with Crippen LogP contribution in [0, 0.1) is 0 Å². The first-order valence-corrected chi connectivity index (χ1v) is 6.15. The first kappa shape index (κ1) is 11.6. The molecule has 1 fully saturated rings. The Kier molecular flexibility index (Phi) is 3.02. The number of nitrogens with zero attached hydrogens (tertiary/aromatic N) is 4. The van der Waals surface area contributed by atoms with Crippen LogP contribution in [0.1, 0.15) is 45.9 Å². The third-order valence-corrected chi connectivity index (χ3v) is 3.35. The van der Waals surface area contributed by atoms with Gasteiger partial charge in [-0.25, -0.2) is 4.68 Å². The summed E-state index contributed by atoms with van der Waals surface area (Å²) in [5.41, 5.74) is 1.18. The Balaban J connectivity index is 2.08. The summed E-state index contributed by atoms with van der Waals surface area (Å²) in [6.45, 7) is 12.2. The minimum Gasteiger partial charge on any atom is -0.301 e. The molecule has 2 heterocycles. The molecule has 16 heavy (non-hydrogen) atoms. The van der Waals surface area contributed by atoms with E-state index in [1.165, 1.54) is 13.0 Å². The van der Waals surface area contributed by atoms with Gasteiger partial charge in [0.15, 0.2) is 0 Å². The number of likely N-dealkylation sites (tertiary alicyclic amines) is 1. The molecule has 1 atom stereocenters. The van der Waals surface area contributed by atoms with Crippen LogP contribution in [0.25, 0.3) is 0 Å². The fraction of sp³-hybridized carbons (Fsp3) is 0.833. The van der Waals surface area contributed by atoms with E-state index in [1.54, 1.807) is 0 Å². The van der Waals surface area contributed by atoms with Crippen molar-refractivity contribution in [2.75, 3.05) is 19.6 Å². The van der Waals surface area contributed by atoms with Crippen LogP contribution in [0.3, 0.4) is 0 Å². The molecule has 1 aliphatic rings. The fourth-order valence-corrected chi connectivity index (χ4v) is 2.11. The maximum atomic E-state index is 4.28. The normalized spacial score (nSPS) is 22.9. The molecular weight excluding hydrogens is 200 g/mol. The van der Waals surface area contributed by atoms with E-state index in [0.717, 1.165) is 18.8 Å². The Labute approximate surface area is 97.6 Å². The van der Waals surface area contributed by atoms with Gasteiger partial charge in [-0.05, 0) is 13.0 Å². The minimum absolute atomic E-state index is 0.0985. The number of likely N-dealkylation sites (N-methyl/N-ethyl adjacent to an activating group) is 1. The molecule has 4 heteroatoms. The van der Waals surface area contributed by atoms with Gasteiger partial charge in [0, 0.05) is 24.7 Å². The van der Waals surface area contributed by atoms with Crippen LogP contribution in [0.2, 0.25) is 0 Å². The molecule has 1 aromatic rings. The minimum atomic E-state index is 0.0985. The predicted molar refractivity (Wildman–Crippen MR) is 64.5 cm³/mol. The van der Waals surface area contributed by atoms with Crippen LogP contribution in [-0.4, -0.2) is 39.5 Å². The van der Waals surface area contributed by atoms with Gasteiger partial charge in [0.05, 0.1) is 11.7 Å².